The molecular formula is C19H18N2O. The summed E-state index contributed by atoms with van der Waals surface area (Å²) in [5, 5.41) is 0. The summed E-state index contributed by atoms with van der Waals surface area (Å²) in [6.45, 7) is 1.91. The molecule has 5 aliphatic rings. The second-order valence-electron chi connectivity index (χ2n) is 7.63. The zero-order valence-corrected chi connectivity index (χ0v) is 12.5. The monoisotopic (exact) mass is 290 g/mol. The number of nitrogens with zero attached hydrogens (tertiary/aromatic N) is 2. The van der Waals surface area contributed by atoms with Gasteiger partial charge in [-0.25, -0.2) is 0 Å². The SMILES string of the molecule is O=C1C[C@@]23C=CCN4CC1[C@]1(C(=Nc5ccccc51)CC2)[C@@H]43. The van der Waals surface area contributed by atoms with Gasteiger partial charge in [0.1, 0.15) is 5.78 Å². The lowest BCUT2D eigenvalue weighted by Crippen LogP contribution is -2.65. The van der Waals surface area contributed by atoms with E-state index in [0.29, 0.717) is 11.8 Å². The Morgan fingerprint density at radius 2 is 2.18 bits per heavy atom. The summed E-state index contributed by atoms with van der Waals surface area (Å²) in [5.74, 6) is 0.586. The van der Waals surface area contributed by atoms with Crippen molar-refractivity contribution in [1.29, 1.82) is 0 Å². The number of hydrogen-bond acceptors (Lipinski definition) is 3. The molecule has 1 saturated heterocycles. The van der Waals surface area contributed by atoms with Crippen LogP contribution in [0.25, 0.3) is 0 Å². The van der Waals surface area contributed by atoms with E-state index >= 15 is 0 Å². The van der Waals surface area contributed by atoms with E-state index in [1.807, 2.05) is 0 Å². The van der Waals surface area contributed by atoms with Crippen LogP contribution in [0.1, 0.15) is 24.8 Å². The Hall–Kier alpha value is -1.74. The first-order chi connectivity index (χ1) is 10.8. The molecule has 2 saturated carbocycles. The molecule has 0 aromatic heterocycles. The van der Waals surface area contributed by atoms with E-state index in [9.17, 15) is 4.79 Å². The molecule has 3 nitrogen and oxygen atoms in total. The summed E-state index contributed by atoms with van der Waals surface area (Å²) in [7, 11) is 0. The van der Waals surface area contributed by atoms with Crippen LogP contribution in [0, 0.1) is 11.3 Å². The van der Waals surface area contributed by atoms with Crippen LogP contribution in [0.2, 0.25) is 0 Å². The van der Waals surface area contributed by atoms with Crippen LogP contribution < -0.4 is 0 Å². The molecule has 110 valence electrons. The maximum atomic E-state index is 13.0. The van der Waals surface area contributed by atoms with Gasteiger partial charge in [0.25, 0.3) is 0 Å². The second-order valence-corrected chi connectivity index (χ2v) is 7.63. The summed E-state index contributed by atoms with van der Waals surface area (Å²) >= 11 is 0. The first-order valence-corrected chi connectivity index (χ1v) is 8.38. The molecule has 1 unspecified atom stereocenters. The number of Topliss-reactive ketones (excluding diaryl/α,β-unsaturated/α-hetero) is 1. The van der Waals surface area contributed by atoms with Crippen LogP contribution in [0.3, 0.4) is 0 Å². The summed E-state index contributed by atoms with van der Waals surface area (Å²) in [5.41, 5.74) is 3.68. The third-order valence-corrected chi connectivity index (χ3v) is 6.90. The van der Waals surface area contributed by atoms with Crippen LogP contribution in [0.4, 0.5) is 5.69 Å². The lowest BCUT2D eigenvalue weighted by molar-refractivity contribution is -0.129. The highest BCUT2D eigenvalue weighted by molar-refractivity contribution is 6.09. The number of ketones is 1. The highest BCUT2D eigenvalue weighted by atomic mass is 16.1. The first kappa shape index (κ1) is 11.8. The fraction of sp³-hybridized carbons (Fsp3) is 0.474. The number of hydrogen-bond donors (Lipinski definition) is 0. The van der Waals surface area contributed by atoms with E-state index in [4.69, 9.17) is 4.99 Å². The van der Waals surface area contributed by atoms with Gasteiger partial charge in [0, 0.05) is 42.6 Å². The predicted molar refractivity (Wildman–Crippen MR) is 84.5 cm³/mol. The lowest BCUT2D eigenvalue weighted by Gasteiger charge is -2.57. The molecule has 2 aliphatic carbocycles. The van der Waals surface area contributed by atoms with E-state index in [1.165, 1.54) is 11.3 Å². The van der Waals surface area contributed by atoms with Gasteiger partial charge in [-0.15, -0.1) is 0 Å². The molecule has 0 N–H and O–H groups in total. The van der Waals surface area contributed by atoms with Crippen molar-refractivity contribution in [2.75, 3.05) is 13.1 Å². The van der Waals surface area contributed by atoms with Crippen LogP contribution >= 0.6 is 0 Å². The van der Waals surface area contributed by atoms with E-state index in [1.54, 1.807) is 0 Å². The Morgan fingerprint density at radius 1 is 1.27 bits per heavy atom. The molecule has 3 fully saturated rings. The summed E-state index contributed by atoms with van der Waals surface area (Å²) in [6.07, 6.45) is 7.55. The zero-order valence-electron chi connectivity index (χ0n) is 12.5. The van der Waals surface area contributed by atoms with Gasteiger partial charge < -0.3 is 0 Å². The molecule has 3 aliphatic heterocycles. The van der Waals surface area contributed by atoms with Gasteiger partial charge in [0.15, 0.2) is 0 Å². The van der Waals surface area contributed by atoms with Crippen molar-refractivity contribution in [3.05, 3.63) is 42.0 Å². The fourth-order valence-corrected chi connectivity index (χ4v) is 6.36. The van der Waals surface area contributed by atoms with Crippen molar-refractivity contribution in [2.45, 2.75) is 30.7 Å². The molecular weight excluding hydrogens is 272 g/mol. The van der Waals surface area contributed by atoms with Gasteiger partial charge in [-0.1, -0.05) is 30.4 Å². The molecule has 4 atom stereocenters. The van der Waals surface area contributed by atoms with E-state index in [0.717, 1.165) is 38.0 Å². The van der Waals surface area contributed by atoms with Gasteiger partial charge in [0.2, 0.25) is 0 Å². The van der Waals surface area contributed by atoms with Gasteiger partial charge in [-0.3, -0.25) is 14.7 Å². The predicted octanol–water partition coefficient (Wildman–Crippen LogP) is 2.63. The number of carbonyl (C=O) groups is 1. The van der Waals surface area contributed by atoms with Crippen LogP contribution in [-0.2, 0) is 10.2 Å². The maximum absolute atomic E-state index is 13.0. The Bertz CT molecular complexity index is 794. The minimum absolute atomic E-state index is 0.0544. The Labute approximate surface area is 129 Å². The summed E-state index contributed by atoms with van der Waals surface area (Å²) in [4.78, 5) is 20.6. The number of benzene rings is 1. The molecule has 0 amide bonds. The lowest BCUT2D eigenvalue weighted by atomic mass is 9.47. The molecule has 4 bridgehead atoms. The van der Waals surface area contributed by atoms with E-state index in [2.05, 4.69) is 41.3 Å². The van der Waals surface area contributed by atoms with Crippen molar-refractivity contribution < 1.29 is 4.79 Å². The van der Waals surface area contributed by atoms with Crippen molar-refractivity contribution in [1.82, 2.24) is 4.90 Å². The fourth-order valence-electron chi connectivity index (χ4n) is 6.36. The summed E-state index contributed by atoms with van der Waals surface area (Å²) < 4.78 is 0. The van der Waals surface area contributed by atoms with Crippen molar-refractivity contribution in [3.8, 4) is 0 Å². The molecule has 6 rings (SSSR count). The standard InChI is InChI=1S/C19H18N2O/c22-15-10-18-7-3-9-21-11-13(15)19(17(18)21)12-4-1-2-5-14(12)20-16(19)6-8-18/h1-5,7,13,17H,6,8-11H2/t13?,17-,18+,19+/m0/s1. The third-order valence-electron chi connectivity index (χ3n) is 6.90. The number of carbonyl (C=O) groups excluding carboxylic acids is 1. The quantitative estimate of drug-likeness (QED) is 0.688. The average Bonchev–Trinajstić information content (AvgIpc) is 3.03. The van der Waals surface area contributed by atoms with Gasteiger partial charge in [0.05, 0.1) is 11.1 Å². The first-order valence-electron chi connectivity index (χ1n) is 8.38. The Balaban J connectivity index is 1.73. The van der Waals surface area contributed by atoms with Gasteiger partial charge >= 0.3 is 0 Å². The topological polar surface area (TPSA) is 32.7 Å². The van der Waals surface area contributed by atoms with Crippen LogP contribution in [-0.4, -0.2) is 35.5 Å². The maximum Gasteiger partial charge on any atom is 0.139 e. The second kappa shape index (κ2) is 3.43. The van der Waals surface area contributed by atoms with Crippen LogP contribution in [0.5, 0.6) is 0 Å². The highest BCUT2D eigenvalue weighted by Gasteiger charge is 2.72. The van der Waals surface area contributed by atoms with E-state index in [-0.39, 0.29) is 16.7 Å². The molecule has 1 aromatic rings. The smallest absolute Gasteiger partial charge is 0.139 e. The van der Waals surface area contributed by atoms with Crippen molar-refractivity contribution >= 4 is 17.2 Å². The number of aliphatic imine (C=N–C) groups is 1. The zero-order chi connectivity index (χ0) is 14.5. The minimum Gasteiger partial charge on any atom is -0.299 e. The normalized spacial score (nSPS) is 43.8. The highest BCUT2D eigenvalue weighted by Crippen LogP contribution is 2.66. The third kappa shape index (κ3) is 1.01. The largest absolute Gasteiger partial charge is 0.299 e. The van der Waals surface area contributed by atoms with Crippen LogP contribution in [0.15, 0.2) is 41.4 Å². The molecule has 3 heteroatoms. The molecule has 0 radical (unpaired) electrons. The Kier molecular flexibility index (Phi) is 1.84. The summed E-state index contributed by atoms with van der Waals surface area (Å²) in [6, 6.07) is 8.99. The molecule has 1 spiro atoms. The molecule has 3 heterocycles. The molecule has 22 heavy (non-hydrogen) atoms. The number of fused-ring (bicyclic) bond motifs is 1. The molecule has 1 aromatic carbocycles. The average molecular weight is 290 g/mol. The van der Waals surface area contributed by atoms with Crippen molar-refractivity contribution in [2.24, 2.45) is 16.3 Å². The minimum atomic E-state index is -0.116. The van der Waals surface area contributed by atoms with Gasteiger partial charge in [-0.05, 0) is 24.5 Å². The number of para-hydroxylation sites is 1. The van der Waals surface area contributed by atoms with E-state index < -0.39 is 0 Å². The van der Waals surface area contributed by atoms with Crippen molar-refractivity contribution in [3.63, 3.8) is 0 Å². The Morgan fingerprint density at radius 3 is 3.14 bits per heavy atom. The van der Waals surface area contributed by atoms with Gasteiger partial charge in [-0.2, -0.15) is 0 Å². The number of rotatable bonds is 0.